The van der Waals surface area contributed by atoms with Crippen LogP contribution in [-0.4, -0.2) is 82.1 Å². The summed E-state index contributed by atoms with van der Waals surface area (Å²) in [5, 5.41) is 0. The van der Waals surface area contributed by atoms with Gasteiger partial charge in [0.1, 0.15) is 0 Å². The first-order valence-electron chi connectivity index (χ1n) is 6.61. The van der Waals surface area contributed by atoms with Crippen molar-refractivity contribution in [3.63, 3.8) is 0 Å². The van der Waals surface area contributed by atoms with Crippen LogP contribution in [0.4, 0.5) is 0 Å². The highest BCUT2D eigenvalue weighted by Crippen LogP contribution is 2.17. The molecule has 1 rings (SSSR count). The molecule has 6 heteroatoms. The first-order chi connectivity index (χ1) is 8.30. The van der Waals surface area contributed by atoms with Crippen molar-refractivity contribution in [3.8, 4) is 0 Å². The zero-order valence-electron chi connectivity index (χ0n) is 12.1. The SMILES string of the molecule is CN(C)CCCN(C)C1CCCN(S(C)(=O)=O)C1. The normalized spacial score (nSPS) is 22.9. The molecule has 1 unspecified atom stereocenters. The van der Waals surface area contributed by atoms with Crippen molar-refractivity contribution in [3.05, 3.63) is 0 Å². The minimum absolute atomic E-state index is 0.371. The van der Waals surface area contributed by atoms with E-state index < -0.39 is 10.0 Å². The predicted molar refractivity (Wildman–Crippen MR) is 75.2 cm³/mol. The summed E-state index contributed by atoms with van der Waals surface area (Å²) in [4.78, 5) is 4.48. The molecule has 1 aliphatic heterocycles. The maximum absolute atomic E-state index is 11.6. The molecule has 0 spiro atoms. The second kappa shape index (κ2) is 6.84. The quantitative estimate of drug-likeness (QED) is 0.700. The Balaban J connectivity index is 2.41. The molecule has 1 fully saturated rings. The molecule has 18 heavy (non-hydrogen) atoms. The first-order valence-corrected chi connectivity index (χ1v) is 8.45. The summed E-state index contributed by atoms with van der Waals surface area (Å²) in [6, 6.07) is 0.371. The topological polar surface area (TPSA) is 43.9 Å². The van der Waals surface area contributed by atoms with Crippen LogP contribution in [0.2, 0.25) is 0 Å². The molecular formula is C12H27N3O2S. The number of piperidine rings is 1. The van der Waals surface area contributed by atoms with Gasteiger partial charge in [-0.25, -0.2) is 12.7 Å². The Morgan fingerprint density at radius 1 is 1.22 bits per heavy atom. The van der Waals surface area contributed by atoms with Crippen LogP contribution in [0.3, 0.4) is 0 Å². The van der Waals surface area contributed by atoms with Gasteiger partial charge in [-0.15, -0.1) is 0 Å². The zero-order valence-corrected chi connectivity index (χ0v) is 12.9. The van der Waals surface area contributed by atoms with Gasteiger partial charge in [0.2, 0.25) is 10.0 Å². The van der Waals surface area contributed by atoms with E-state index in [0.29, 0.717) is 19.1 Å². The predicted octanol–water partition coefficient (Wildman–Crippen LogP) is 0.294. The van der Waals surface area contributed by atoms with Crippen LogP contribution in [0, 0.1) is 0 Å². The minimum atomic E-state index is -3.03. The fourth-order valence-corrected chi connectivity index (χ4v) is 3.30. The summed E-state index contributed by atoms with van der Waals surface area (Å²) in [5.74, 6) is 0. The van der Waals surface area contributed by atoms with Crippen LogP contribution in [-0.2, 0) is 10.0 Å². The Bertz CT molecular complexity index is 343. The summed E-state index contributed by atoms with van der Waals surface area (Å²) >= 11 is 0. The van der Waals surface area contributed by atoms with E-state index in [1.165, 1.54) is 6.26 Å². The summed E-state index contributed by atoms with van der Waals surface area (Å²) < 4.78 is 24.7. The molecule has 1 saturated heterocycles. The van der Waals surface area contributed by atoms with Crippen LogP contribution in [0.1, 0.15) is 19.3 Å². The third-order valence-corrected chi connectivity index (χ3v) is 4.84. The smallest absolute Gasteiger partial charge is 0.211 e. The Morgan fingerprint density at radius 3 is 2.44 bits per heavy atom. The second-order valence-corrected chi connectivity index (χ2v) is 7.54. The summed E-state index contributed by atoms with van der Waals surface area (Å²) in [5.41, 5.74) is 0. The number of hydrogen-bond donors (Lipinski definition) is 0. The fraction of sp³-hybridized carbons (Fsp3) is 1.00. The van der Waals surface area contributed by atoms with E-state index in [2.05, 4.69) is 30.9 Å². The largest absolute Gasteiger partial charge is 0.309 e. The van der Waals surface area contributed by atoms with Crippen molar-refractivity contribution in [2.45, 2.75) is 25.3 Å². The molecule has 0 radical (unpaired) electrons. The van der Waals surface area contributed by atoms with Gasteiger partial charge in [-0.2, -0.15) is 0 Å². The van der Waals surface area contributed by atoms with Crippen molar-refractivity contribution < 1.29 is 8.42 Å². The highest BCUT2D eigenvalue weighted by molar-refractivity contribution is 7.88. The second-order valence-electron chi connectivity index (χ2n) is 5.55. The lowest BCUT2D eigenvalue weighted by molar-refractivity contribution is 0.158. The molecule has 0 saturated carbocycles. The average Bonchev–Trinajstić information content (AvgIpc) is 2.27. The number of hydrogen-bond acceptors (Lipinski definition) is 4. The van der Waals surface area contributed by atoms with E-state index in [1.54, 1.807) is 4.31 Å². The molecule has 5 nitrogen and oxygen atoms in total. The van der Waals surface area contributed by atoms with Gasteiger partial charge < -0.3 is 9.80 Å². The lowest BCUT2D eigenvalue weighted by Gasteiger charge is -2.36. The molecule has 0 aliphatic carbocycles. The molecular weight excluding hydrogens is 250 g/mol. The summed E-state index contributed by atoms with van der Waals surface area (Å²) in [6.07, 6.45) is 4.50. The van der Waals surface area contributed by atoms with E-state index in [1.807, 2.05) is 0 Å². The maximum Gasteiger partial charge on any atom is 0.211 e. The highest BCUT2D eigenvalue weighted by atomic mass is 32.2. The van der Waals surface area contributed by atoms with Crippen molar-refractivity contribution >= 4 is 10.0 Å². The highest BCUT2D eigenvalue weighted by Gasteiger charge is 2.27. The van der Waals surface area contributed by atoms with Crippen LogP contribution < -0.4 is 0 Å². The Labute approximate surface area is 112 Å². The molecule has 1 aliphatic rings. The van der Waals surface area contributed by atoms with Gasteiger partial charge in [0.15, 0.2) is 0 Å². The van der Waals surface area contributed by atoms with E-state index >= 15 is 0 Å². The standard InChI is InChI=1S/C12H27N3O2S/c1-13(2)8-6-9-14(3)12-7-5-10-15(11-12)18(4,16)17/h12H,5-11H2,1-4H3. The van der Waals surface area contributed by atoms with Crippen molar-refractivity contribution in [1.82, 2.24) is 14.1 Å². The van der Waals surface area contributed by atoms with E-state index in [0.717, 1.165) is 32.4 Å². The molecule has 0 aromatic carbocycles. The molecule has 1 heterocycles. The number of nitrogens with zero attached hydrogens (tertiary/aromatic N) is 3. The first kappa shape index (κ1) is 15.9. The Kier molecular flexibility index (Phi) is 6.04. The number of sulfonamides is 1. The molecule has 0 bridgehead atoms. The third kappa shape index (κ3) is 5.22. The van der Waals surface area contributed by atoms with Gasteiger partial charge in [-0.1, -0.05) is 0 Å². The summed E-state index contributed by atoms with van der Waals surface area (Å²) in [7, 11) is 3.23. The van der Waals surface area contributed by atoms with Gasteiger partial charge in [0.25, 0.3) is 0 Å². The Morgan fingerprint density at radius 2 is 1.89 bits per heavy atom. The van der Waals surface area contributed by atoms with E-state index in [4.69, 9.17) is 0 Å². The summed E-state index contributed by atoms with van der Waals surface area (Å²) in [6.45, 7) is 3.44. The van der Waals surface area contributed by atoms with E-state index in [-0.39, 0.29) is 0 Å². The maximum atomic E-state index is 11.6. The monoisotopic (exact) mass is 277 g/mol. The van der Waals surface area contributed by atoms with Crippen molar-refractivity contribution in [2.75, 3.05) is 53.6 Å². The third-order valence-electron chi connectivity index (χ3n) is 3.57. The van der Waals surface area contributed by atoms with Crippen LogP contribution in [0.15, 0.2) is 0 Å². The van der Waals surface area contributed by atoms with E-state index in [9.17, 15) is 8.42 Å². The zero-order chi connectivity index (χ0) is 13.8. The molecule has 0 N–H and O–H groups in total. The van der Waals surface area contributed by atoms with Gasteiger partial charge >= 0.3 is 0 Å². The minimum Gasteiger partial charge on any atom is -0.309 e. The van der Waals surface area contributed by atoms with Crippen LogP contribution in [0.25, 0.3) is 0 Å². The lowest BCUT2D eigenvalue weighted by Crippen LogP contribution is -2.48. The van der Waals surface area contributed by atoms with Gasteiger partial charge in [0.05, 0.1) is 6.26 Å². The molecule has 0 amide bonds. The van der Waals surface area contributed by atoms with Crippen molar-refractivity contribution in [1.29, 1.82) is 0 Å². The number of likely N-dealkylation sites (N-methyl/N-ethyl adjacent to an activating group) is 1. The Hall–Kier alpha value is -0.170. The molecule has 0 aromatic rings. The molecule has 1 atom stereocenters. The van der Waals surface area contributed by atoms with Crippen molar-refractivity contribution in [2.24, 2.45) is 0 Å². The fourth-order valence-electron chi connectivity index (χ4n) is 2.40. The van der Waals surface area contributed by atoms with Gasteiger partial charge in [0, 0.05) is 19.1 Å². The number of rotatable bonds is 6. The lowest BCUT2D eigenvalue weighted by atomic mass is 10.1. The molecule has 108 valence electrons. The molecule has 0 aromatic heterocycles. The van der Waals surface area contributed by atoms with Gasteiger partial charge in [-0.3, -0.25) is 0 Å². The average molecular weight is 277 g/mol. The van der Waals surface area contributed by atoms with Crippen LogP contribution in [0.5, 0.6) is 0 Å². The van der Waals surface area contributed by atoms with Crippen LogP contribution >= 0.6 is 0 Å². The van der Waals surface area contributed by atoms with Gasteiger partial charge in [-0.05, 0) is 53.5 Å².